The summed E-state index contributed by atoms with van der Waals surface area (Å²) in [6, 6.07) is 6.67. The van der Waals surface area contributed by atoms with Crippen LogP contribution in [-0.2, 0) is 16.1 Å². The van der Waals surface area contributed by atoms with Gasteiger partial charge in [0, 0.05) is 18.5 Å². The number of nitrogens with one attached hydrogen (secondary N) is 1. The Labute approximate surface area is 101 Å². The lowest BCUT2D eigenvalue weighted by atomic mass is 10.2. The topological polar surface area (TPSA) is 38.3 Å². The lowest BCUT2D eigenvalue weighted by molar-refractivity contribution is -0.143. The van der Waals surface area contributed by atoms with Gasteiger partial charge in [-0.05, 0) is 19.0 Å². The van der Waals surface area contributed by atoms with Crippen molar-refractivity contribution >= 4 is 5.97 Å². The van der Waals surface area contributed by atoms with Crippen LogP contribution in [0, 0.1) is 5.82 Å². The molecule has 0 spiro atoms. The third-order valence-electron chi connectivity index (χ3n) is 2.32. The summed E-state index contributed by atoms with van der Waals surface area (Å²) < 4.78 is 18.1. The van der Waals surface area contributed by atoms with Crippen LogP contribution in [0.4, 0.5) is 4.39 Å². The molecule has 3 nitrogen and oxygen atoms in total. The van der Waals surface area contributed by atoms with Crippen molar-refractivity contribution < 1.29 is 13.9 Å². The van der Waals surface area contributed by atoms with Gasteiger partial charge in [0.25, 0.3) is 0 Å². The molecule has 0 saturated heterocycles. The van der Waals surface area contributed by atoms with Crippen molar-refractivity contribution in [2.75, 3.05) is 13.2 Å². The number of hydrogen-bond donors (Lipinski definition) is 1. The van der Waals surface area contributed by atoms with Crippen LogP contribution >= 0.6 is 0 Å². The minimum absolute atomic E-state index is 0.181. The van der Waals surface area contributed by atoms with Gasteiger partial charge in [-0.3, -0.25) is 4.79 Å². The predicted octanol–water partition coefficient (Wildman–Crippen LogP) is 2.26. The first-order chi connectivity index (χ1) is 8.24. The zero-order valence-corrected chi connectivity index (χ0v) is 10.0. The van der Waals surface area contributed by atoms with E-state index >= 15 is 0 Å². The maximum atomic E-state index is 13.2. The molecule has 1 aromatic carbocycles. The molecule has 0 unspecified atom stereocenters. The molecule has 0 heterocycles. The van der Waals surface area contributed by atoms with Crippen molar-refractivity contribution in [3.05, 3.63) is 35.6 Å². The molecule has 4 heteroatoms. The molecule has 0 saturated carbocycles. The molecule has 17 heavy (non-hydrogen) atoms. The number of carbonyl (C=O) groups excluding carboxylic acids is 1. The predicted molar refractivity (Wildman–Crippen MR) is 64.0 cm³/mol. The summed E-state index contributed by atoms with van der Waals surface area (Å²) in [6.45, 7) is 3.37. The Hall–Kier alpha value is -1.42. The first-order valence-corrected chi connectivity index (χ1v) is 5.83. The molecule has 0 atom stereocenters. The quantitative estimate of drug-likeness (QED) is 0.586. The van der Waals surface area contributed by atoms with Crippen LogP contribution in [0.5, 0.6) is 0 Å². The normalized spacial score (nSPS) is 10.2. The van der Waals surface area contributed by atoms with Gasteiger partial charge in [-0.1, -0.05) is 25.1 Å². The van der Waals surface area contributed by atoms with Gasteiger partial charge in [-0.2, -0.15) is 0 Å². The lowest BCUT2D eigenvalue weighted by Gasteiger charge is -2.06. The molecule has 1 rings (SSSR count). The highest BCUT2D eigenvalue weighted by Crippen LogP contribution is 2.05. The molecule has 0 aromatic heterocycles. The summed E-state index contributed by atoms with van der Waals surface area (Å²) in [5.74, 6) is -0.378. The van der Waals surface area contributed by atoms with Crippen LogP contribution in [0.1, 0.15) is 25.3 Å². The number of hydrogen-bond acceptors (Lipinski definition) is 3. The second-order valence-electron chi connectivity index (χ2n) is 3.70. The molecule has 0 bridgehead atoms. The summed E-state index contributed by atoms with van der Waals surface area (Å²) in [5, 5.41) is 3.10. The Kier molecular flexibility index (Phi) is 6.25. The molecule has 0 aliphatic heterocycles. The van der Waals surface area contributed by atoms with Crippen molar-refractivity contribution in [3.8, 4) is 0 Å². The van der Waals surface area contributed by atoms with Crippen LogP contribution < -0.4 is 5.32 Å². The molecule has 94 valence electrons. The number of esters is 1. The maximum absolute atomic E-state index is 13.2. The van der Waals surface area contributed by atoms with Gasteiger partial charge in [-0.15, -0.1) is 0 Å². The van der Waals surface area contributed by atoms with Crippen molar-refractivity contribution in [1.29, 1.82) is 0 Å². The Morgan fingerprint density at radius 2 is 2.18 bits per heavy atom. The van der Waals surface area contributed by atoms with E-state index in [1.165, 1.54) is 6.07 Å². The highest BCUT2D eigenvalue weighted by Gasteiger charge is 2.00. The fourth-order valence-electron chi connectivity index (χ4n) is 1.35. The Bertz CT molecular complexity index is 355. The summed E-state index contributed by atoms with van der Waals surface area (Å²) in [7, 11) is 0. The van der Waals surface area contributed by atoms with Gasteiger partial charge >= 0.3 is 5.97 Å². The second-order valence-corrected chi connectivity index (χ2v) is 3.70. The largest absolute Gasteiger partial charge is 0.466 e. The van der Waals surface area contributed by atoms with E-state index in [0.717, 1.165) is 6.42 Å². The highest BCUT2D eigenvalue weighted by molar-refractivity contribution is 5.68. The number of benzene rings is 1. The molecule has 1 aromatic rings. The van der Waals surface area contributed by atoms with Crippen LogP contribution in [-0.4, -0.2) is 19.1 Å². The SMILES string of the molecule is CCC(=O)OCCCNCc1ccccc1F. The van der Waals surface area contributed by atoms with E-state index in [4.69, 9.17) is 4.74 Å². The highest BCUT2D eigenvalue weighted by atomic mass is 19.1. The van der Waals surface area contributed by atoms with Crippen LogP contribution in [0.15, 0.2) is 24.3 Å². The van der Waals surface area contributed by atoms with E-state index in [9.17, 15) is 9.18 Å². The monoisotopic (exact) mass is 239 g/mol. The molecule has 0 amide bonds. The van der Waals surface area contributed by atoms with Crippen molar-refractivity contribution in [2.45, 2.75) is 26.3 Å². The van der Waals surface area contributed by atoms with E-state index in [-0.39, 0.29) is 11.8 Å². The number of halogens is 1. The van der Waals surface area contributed by atoms with Gasteiger partial charge in [0.2, 0.25) is 0 Å². The zero-order chi connectivity index (χ0) is 12.5. The Balaban J connectivity index is 2.09. The number of ether oxygens (including phenoxy) is 1. The molecule has 0 aliphatic rings. The lowest BCUT2D eigenvalue weighted by Crippen LogP contribution is -2.17. The third-order valence-corrected chi connectivity index (χ3v) is 2.32. The van der Waals surface area contributed by atoms with Crippen molar-refractivity contribution in [2.24, 2.45) is 0 Å². The summed E-state index contributed by atoms with van der Waals surface area (Å²) >= 11 is 0. The smallest absolute Gasteiger partial charge is 0.305 e. The summed E-state index contributed by atoms with van der Waals surface area (Å²) in [6.07, 6.45) is 1.14. The van der Waals surface area contributed by atoms with Gasteiger partial charge in [0.1, 0.15) is 5.82 Å². The summed E-state index contributed by atoms with van der Waals surface area (Å²) in [4.78, 5) is 10.8. The molecule has 1 N–H and O–H groups in total. The average molecular weight is 239 g/mol. The van der Waals surface area contributed by atoms with E-state index in [0.29, 0.717) is 31.7 Å². The second kappa shape index (κ2) is 7.79. The Morgan fingerprint density at radius 3 is 2.88 bits per heavy atom. The Morgan fingerprint density at radius 1 is 1.41 bits per heavy atom. The van der Waals surface area contributed by atoms with Crippen LogP contribution in [0.2, 0.25) is 0 Å². The van der Waals surface area contributed by atoms with E-state index in [1.54, 1.807) is 19.1 Å². The molecule has 0 radical (unpaired) electrons. The maximum Gasteiger partial charge on any atom is 0.305 e. The molecular formula is C13H18FNO2. The molecular weight excluding hydrogens is 221 g/mol. The van der Waals surface area contributed by atoms with Crippen LogP contribution in [0.3, 0.4) is 0 Å². The van der Waals surface area contributed by atoms with Crippen LogP contribution in [0.25, 0.3) is 0 Å². The van der Waals surface area contributed by atoms with Gasteiger partial charge in [0.05, 0.1) is 6.61 Å². The summed E-state index contributed by atoms with van der Waals surface area (Å²) in [5.41, 5.74) is 0.651. The van der Waals surface area contributed by atoms with Crippen molar-refractivity contribution in [3.63, 3.8) is 0 Å². The zero-order valence-electron chi connectivity index (χ0n) is 10.0. The minimum Gasteiger partial charge on any atom is -0.466 e. The van der Waals surface area contributed by atoms with Gasteiger partial charge in [-0.25, -0.2) is 4.39 Å². The van der Waals surface area contributed by atoms with E-state index < -0.39 is 0 Å². The third kappa shape index (κ3) is 5.45. The van der Waals surface area contributed by atoms with E-state index in [1.807, 2.05) is 6.07 Å². The van der Waals surface area contributed by atoms with E-state index in [2.05, 4.69) is 5.32 Å². The first kappa shape index (κ1) is 13.6. The van der Waals surface area contributed by atoms with Gasteiger partial charge < -0.3 is 10.1 Å². The molecule has 0 aliphatic carbocycles. The van der Waals surface area contributed by atoms with Gasteiger partial charge in [0.15, 0.2) is 0 Å². The molecule has 0 fully saturated rings. The number of carbonyl (C=O) groups is 1. The van der Waals surface area contributed by atoms with Crippen molar-refractivity contribution in [1.82, 2.24) is 5.32 Å². The minimum atomic E-state index is -0.197. The first-order valence-electron chi connectivity index (χ1n) is 5.83. The average Bonchev–Trinajstić information content (AvgIpc) is 2.35. The fraction of sp³-hybridized carbons (Fsp3) is 0.462. The number of rotatable bonds is 7. The fourth-order valence-corrected chi connectivity index (χ4v) is 1.35. The standard InChI is InChI=1S/C13H18FNO2/c1-2-13(16)17-9-5-8-15-10-11-6-3-4-7-12(11)14/h3-4,6-7,15H,2,5,8-10H2,1H3.